The first-order valence-corrected chi connectivity index (χ1v) is 6.83. The third kappa shape index (κ3) is 3.45. The van der Waals surface area contributed by atoms with Crippen LogP contribution in [0.1, 0.15) is 38.5 Å². The van der Waals surface area contributed by atoms with Crippen LogP contribution in [0.4, 0.5) is 0 Å². The average Bonchev–Trinajstić information content (AvgIpc) is 2.89. The normalized spacial score (nSPS) is 35.0. The summed E-state index contributed by atoms with van der Waals surface area (Å²) in [4.78, 5) is 22.8. The maximum Gasteiger partial charge on any atom is 0.332 e. The second-order valence-corrected chi connectivity index (χ2v) is 5.20. The van der Waals surface area contributed by atoms with Crippen molar-refractivity contribution in [1.82, 2.24) is 5.32 Å². The topological polar surface area (TPSA) is 84.9 Å². The maximum absolute atomic E-state index is 12.1. The van der Waals surface area contributed by atoms with E-state index in [9.17, 15) is 9.59 Å². The zero-order valence-electron chi connectivity index (χ0n) is 11.1. The number of carboxylic acid groups (broad SMARTS) is 1. The van der Waals surface area contributed by atoms with E-state index in [2.05, 4.69) is 5.32 Å². The Morgan fingerprint density at radius 2 is 1.84 bits per heavy atom. The van der Waals surface area contributed by atoms with E-state index in [1.54, 1.807) is 7.11 Å². The Hall–Kier alpha value is -1.14. The molecule has 2 aliphatic rings. The van der Waals surface area contributed by atoms with E-state index in [1.165, 1.54) is 0 Å². The lowest BCUT2D eigenvalue weighted by molar-refractivity contribution is -0.152. The third-order valence-electron chi connectivity index (χ3n) is 3.92. The van der Waals surface area contributed by atoms with Crippen molar-refractivity contribution >= 4 is 11.9 Å². The van der Waals surface area contributed by atoms with Gasteiger partial charge in [-0.05, 0) is 25.7 Å². The zero-order valence-corrected chi connectivity index (χ0v) is 11.1. The summed E-state index contributed by atoms with van der Waals surface area (Å²) in [5, 5.41) is 11.8. The molecule has 0 unspecified atom stereocenters. The van der Waals surface area contributed by atoms with Crippen LogP contribution in [0, 0.1) is 0 Å². The largest absolute Gasteiger partial charge is 0.479 e. The summed E-state index contributed by atoms with van der Waals surface area (Å²) < 4.78 is 10.6. The second-order valence-electron chi connectivity index (χ2n) is 5.20. The van der Waals surface area contributed by atoms with Crippen LogP contribution in [0.25, 0.3) is 0 Å². The molecular weight excluding hydrogens is 250 g/mol. The van der Waals surface area contributed by atoms with Crippen molar-refractivity contribution in [1.29, 1.82) is 0 Å². The van der Waals surface area contributed by atoms with E-state index in [4.69, 9.17) is 14.6 Å². The van der Waals surface area contributed by atoms with E-state index in [-0.39, 0.29) is 18.1 Å². The molecule has 0 spiro atoms. The average molecular weight is 271 g/mol. The standard InChI is InChI=1S/C13H21NO5/c1-18-9-5-3-2-4-8(9)14-12(15)10-6-7-11(19-10)13(16)17/h8-11H,2-7H2,1H3,(H,14,15)(H,16,17)/t8-,9-,10-,11+/m0/s1. The summed E-state index contributed by atoms with van der Waals surface area (Å²) >= 11 is 0. The summed E-state index contributed by atoms with van der Waals surface area (Å²) in [7, 11) is 1.65. The minimum Gasteiger partial charge on any atom is -0.479 e. The monoisotopic (exact) mass is 271 g/mol. The van der Waals surface area contributed by atoms with Gasteiger partial charge in [0.25, 0.3) is 0 Å². The molecule has 1 aliphatic heterocycles. The number of methoxy groups -OCH3 is 1. The van der Waals surface area contributed by atoms with Crippen molar-refractivity contribution in [3.63, 3.8) is 0 Å². The van der Waals surface area contributed by atoms with Gasteiger partial charge in [0.2, 0.25) is 5.91 Å². The first kappa shape index (κ1) is 14.3. The number of aliphatic carboxylic acids is 1. The van der Waals surface area contributed by atoms with Gasteiger partial charge in [0.05, 0.1) is 12.1 Å². The lowest BCUT2D eigenvalue weighted by Crippen LogP contribution is -2.49. The summed E-state index contributed by atoms with van der Waals surface area (Å²) in [6.07, 6.45) is 3.47. The van der Waals surface area contributed by atoms with Gasteiger partial charge in [-0.25, -0.2) is 4.79 Å². The molecule has 6 heteroatoms. The number of carbonyl (C=O) groups is 2. The van der Waals surface area contributed by atoms with Crippen molar-refractivity contribution in [2.45, 2.75) is 62.9 Å². The van der Waals surface area contributed by atoms with E-state index < -0.39 is 18.2 Å². The van der Waals surface area contributed by atoms with Crippen LogP contribution in [0.15, 0.2) is 0 Å². The molecular formula is C13H21NO5. The lowest BCUT2D eigenvalue weighted by atomic mass is 9.92. The van der Waals surface area contributed by atoms with Gasteiger partial charge in [-0.2, -0.15) is 0 Å². The van der Waals surface area contributed by atoms with Crippen LogP contribution in [-0.2, 0) is 19.1 Å². The fraction of sp³-hybridized carbons (Fsp3) is 0.846. The van der Waals surface area contributed by atoms with Crippen LogP contribution in [0.2, 0.25) is 0 Å². The molecule has 0 radical (unpaired) electrons. The number of carbonyl (C=O) groups excluding carboxylic acids is 1. The predicted octanol–water partition coefficient (Wildman–Crippen LogP) is 0.692. The number of hydrogen-bond acceptors (Lipinski definition) is 4. The van der Waals surface area contributed by atoms with Gasteiger partial charge in [-0.15, -0.1) is 0 Å². The fourth-order valence-electron chi connectivity index (χ4n) is 2.83. The van der Waals surface area contributed by atoms with Crippen molar-refractivity contribution in [2.75, 3.05) is 7.11 Å². The Bertz CT molecular complexity index is 346. The van der Waals surface area contributed by atoms with Crippen LogP contribution in [-0.4, -0.2) is 48.4 Å². The van der Waals surface area contributed by atoms with Crippen molar-refractivity contribution in [3.8, 4) is 0 Å². The molecule has 4 atom stereocenters. The molecule has 0 aromatic carbocycles. The van der Waals surface area contributed by atoms with Gasteiger partial charge >= 0.3 is 5.97 Å². The summed E-state index contributed by atoms with van der Waals surface area (Å²) in [6.45, 7) is 0. The van der Waals surface area contributed by atoms with Gasteiger partial charge in [0, 0.05) is 7.11 Å². The minimum absolute atomic E-state index is 0.0127. The minimum atomic E-state index is -0.997. The SMILES string of the molecule is CO[C@H]1CCCC[C@@H]1NC(=O)[C@@H]1CC[C@H](C(=O)O)O1. The Labute approximate surface area is 112 Å². The molecule has 19 heavy (non-hydrogen) atoms. The van der Waals surface area contributed by atoms with E-state index in [0.717, 1.165) is 25.7 Å². The molecule has 2 fully saturated rings. The first-order chi connectivity index (χ1) is 9.11. The van der Waals surface area contributed by atoms with Gasteiger partial charge in [-0.1, -0.05) is 12.8 Å². The summed E-state index contributed by atoms with van der Waals surface area (Å²) in [5.74, 6) is -1.21. The van der Waals surface area contributed by atoms with Gasteiger partial charge < -0.3 is 19.9 Å². The Balaban J connectivity index is 1.85. The highest BCUT2D eigenvalue weighted by molar-refractivity contribution is 5.82. The second kappa shape index (κ2) is 6.34. The lowest BCUT2D eigenvalue weighted by Gasteiger charge is -2.31. The number of rotatable bonds is 4. The highest BCUT2D eigenvalue weighted by Crippen LogP contribution is 2.23. The summed E-state index contributed by atoms with van der Waals surface area (Å²) in [5.41, 5.74) is 0. The smallest absolute Gasteiger partial charge is 0.332 e. The molecule has 1 amide bonds. The van der Waals surface area contributed by atoms with Gasteiger partial charge in [-0.3, -0.25) is 4.79 Å². The van der Waals surface area contributed by atoms with Crippen LogP contribution in [0.5, 0.6) is 0 Å². The molecule has 1 saturated carbocycles. The van der Waals surface area contributed by atoms with Crippen molar-refractivity contribution in [2.24, 2.45) is 0 Å². The molecule has 2 rings (SSSR count). The highest BCUT2D eigenvalue weighted by atomic mass is 16.5. The molecule has 0 aromatic heterocycles. The fourth-order valence-corrected chi connectivity index (χ4v) is 2.83. The van der Waals surface area contributed by atoms with Crippen molar-refractivity contribution in [3.05, 3.63) is 0 Å². The van der Waals surface area contributed by atoms with Crippen LogP contribution < -0.4 is 5.32 Å². The third-order valence-corrected chi connectivity index (χ3v) is 3.92. The summed E-state index contributed by atoms with van der Waals surface area (Å²) in [6, 6.07) is 0.0127. The molecule has 1 heterocycles. The Morgan fingerprint density at radius 1 is 1.16 bits per heavy atom. The molecule has 1 aliphatic carbocycles. The molecule has 2 N–H and O–H groups in total. The molecule has 108 valence electrons. The Morgan fingerprint density at radius 3 is 2.47 bits per heavy atom. The van der Waals surface area contributed by atoms with Crippen molar-refractivity contribution < 1.29 is 24.2 Å². The van der Waals surface area contributed by atoms with E-state index in [0.29, 0.717) is 12.8 Å². The number of nitrogens with one attached hydrogen (secondary N) is 1. The van der Waals surface area contributed by atoms with E-state index in [1.807, 2.05) is 0 Å². The van der Waals surface area contributed by atoms with Crippen LogP contribution >= 0.6 is 0 Å². The Kier molecular flexibility index (Phi) is 4.76. The number of carboxylic acids is 1. The number of ether oxygens (including phenoxy) is 2. The molecule has 6 nitrogen and oxygen atoms in total. The van der Waals surface area contributed by atoms with E-state index >= 15 is 0 Å². The van der Waals surface area contributed by atoms with Gasteiger partial charge in [0.1, 0.15) is 6.10 Å². The number of amides is 1. The number of hydrogen-bond donors (Lipinski definition) is 2. The highest BCUT2D eigenvalue weighted by Gasteiger charge is 2.36. The quantitative estimate of drug-likeness (QED) is 0.786. The molecule has 0 aromatic rings. The molecule has 0 bridgehead atoms. The van der Waals surface area contributed by atoms with Crippen LogP contribution in [0.3, 0.4) is 0 Å². The maximum atomic E-state index is 12.1. The molecule has 1 saturated heterocycles. The first-order valence-electron chi connectivity index (χ1n) is 6.83. The predicted molar refractivity (Wildman–Crippen MR) is 66.7 cm³/mol. The zero-order chi connectivity index (χ0) is 13.8. The van der Waals surface area contributed by atoms with Gasteiger partial charge in [0.15, 0.2) is 6.10 Å².